The van der Waals surface area contributed by atoms with Crippen molar-refractivity contribution in [3.63, 3.8) is 0 Å². The predicted molar refractivity (Wildman–Crippen MR) is 83.5 cm³/mol. The molecule has 2 nitrogen and oxygen atoms in total. The molecule has 0 bridgehead atoms. The molecule has 0 aromatic heterocycles. The fraction of sp³-hybridized carbons (Fsp3) is 0.278. The van der Waals surface area contributed by atoms with Crippen LogP contribution in [-0.2, 0) is 11.3 Å². The van der Waals surface area contributed by atoms with Gasteiger partial charge in [0, 0.05) is 11.6 Å². The van der Waals surface area contributed by atoms with E-state index in [1.165, 1.54) is 0 Å². The maximum atomic E-state index is 12.6. The number of hydrogen-bond acceptors (Lipinski definition) is 1. The molecule has 2 rings (SSSR count). The summed E-state index contributed by atoms with van der Waals surface area (Å²) in [6.45, 7) is 4.66. The Morgan fingerprint density at radius 2 is 1.55 bits per heavy atom. The molecule has 0 unspecified atom stereocenters. The first-order valence-electron chi connectivity index (χ1n) is 7.12. The van der Waals surface area contributed by atoms with E-state index in [0.717, 1.165) is 17.7 Å². The SMILES string of the molecule is CC[C@@H](C)C(=O)N(Cc1ccccc1)c1ccccc1. The van der Waals surface area contributed by atoms with E-state index in [0.29, 0.717) is 6.54 Å². The van der Waals surface area contributed by atoms with Gasteiger partial charge in [0.2, 0.25) is 5.91 Å². The van der Waals surface area contributed by atoms with Gasteiger partial charge in [0.1, 0.15) is 0 Å². The third-order valence-electron chi connectivity index (χ3n) is 3.55. The molecule has 104 valence electrons. The average molecular weight is 267 g/mol. The van der Waals surface area contributed by atoms with Crippen LogP contribution in [0.1, 0.15) is 25.8 Å². The minimum Gasteiger partial charge on any atom is -0.308 e. The van der Waals surface area contributed by atoms with E-state index < -0.39 is 0 Å². The van der Waals surface area contributed by atoms with Gasteiger partial charge in [0.15, 0.2) is 0 Å². The maximum absolute atomic E-state index is 12.6. The van der Waals surface area contributed by atoms with E-state index in [-0.39, 0.29) is 11.8 Å². The van der Waals surface area contributed by atoms with E-state index in [4.69, 9.17) is 0 Å². The summed E-state index contributed by atoms with van der Waals surface area (Å²) in [5, 5.41) is 0. The zero-order valence-electron chi connectivity index (χ0n) is 12.1. The van der Waals surface area contributed by atoms with E-state index in [2.05, 4.69) is 12.1 Å². The molecule has 0 N–H and O–H groups in total. The number of carbonyl (C=O) groups is 1. The van der Waals surface area contributed by atoms with Crippen molar-refractivity contribution in [3.8, 4) is 0 Å². The first-order valence-corrected chi connectivity index (χ1v) is 7.12. The van der Waals surface area contributed by atoms with Gasteiger partial charge >= 0.3 is 0 Å². The fourth-order valence-corrected chi connectivity index (χ4v) is 2.11. The van der Waals surface area contributed by atoms with Crippen molar-refractivity contribution < 1.29 is 4.79 Å². The first kappa shape index (κ1) is 14.3. The van der Waals surface area contributed by atoms with Gasteiger partial charge in [-0.05, 0) is 24.1 Å². The van der Waals surface area contributed by atoms with E-state index in [1.807, 2.05) is 67.3 Å². The summed E-state index contributed by atoms with van der Waals surface area (Å²) in [4.78, 5) is 14.5. The Bertz CT molecular complexity index is 536. The summed E-state index contributed by atoms with van der Waals surface area (Å²) in [6.07, 6.45) is 0.858. The number of carbonyl (C=O) groups excluding carboxylic acids is 1. The molecule has 0 aliphatic carbocycles. The van der Waals surface area contributed by atoms with Gasteiger partial charge in [0.05, 0.1) is 6.54 Å². The highest BCUT2D eigenvalue weighted by Crippen LogP contribution is 2.20. The van der Waals surface area contributed by atoms with E-state index >= 15 is 0 Å². The van der Waals surface area contributed by atoms with Crippen LogP contribution in [0.5, 0.6) is 0 Å². The molecule has 0 saturated carbocycles. The number of rotatable bonds is 5. The Labute approximate surface area is 121 Å². The fourth-order valence-electron chi connectivity index (χ4n) is 2.11. The van der Waals surface area contributed by atoms with Crippen LogP contribution >= 0.6 is 0 Å². The quantitative estimate of drug-likeness (QED) is 0.792. The van der Waals surface area contributed by atoms with Gasteiger partial charge in [0.25, 0.3) is 0 Å². The van der Waals surface area contributed by atoms with Crippen LogP contribution in [0.3, 0.4) is 0 Å². The second kappa shape index (κ2) is 6.90. The zero-order chi connectivity index (χ0) is 14.4. The average Bonchev–Trinajstić information content (AvgIpc) is 2.53. The second-order valence-corrected chi connectivity index (χ2v) is 5.05. The number of amides is 1. The lowest BCUT2D eigenvalue weighted by molar-refractivity contribution is -0.122. The summed E-state index contributed by atoms with van der Waals surface area (Å²) in [6, 6.07) is 20.0. The molecule has 0 fully saturated rings. The smallest absolute Gasteiger partial charge is 0.230 e. The molecule has 0 saturated heterocycles. The summed E-state index contributed by atoms with van der Waals surface area (Å²) < 4.78 is 0. The molecular weight excluding hydrogens is 246 g/mol. The highest BCUT2D eigenvalue weighted by Gasteiger charge is 2.20. The molecule has 1 amide bonds. The third-order valence-corrected chi connectivity index (χ3v) is 3.55. The molecule has 0 aliphatic rings. The molecule has 2 heteroatoms. The van der Waals surface area contributed by atoms with Gasteiger partial charge in [-0.15, -0.1) is 0 Å². The Kier molecular flexibility index (Phi) is 4.94. The normalized spacial score (nSPS) is 11.9. The highest BCUT2D eigenvalue weighted by molar-refractivity contribution is 5.94. The molecule has 20 heavy (non-hydrogen) atoms. The van der Waals surface area contributed by atoms with Crippen LogP contribution < -0.4 is 4.90 Å². The van der Waals surface area contributed by atoms with Gasteiger partial charge in [-0.1, -0.05) is 62.4 Å². The summed E-state index contributed by atoms with van der Waals surface area (Å²) in [5.74, 6) is 0.224. The summed E-state index contributed by atoms with van der Waals surface area (Å²) in [7, 11) is 0. The standard InChI is InChI=1S/C18H21NO/c1-3-15(2)18(20)19(17-12-8-5-9-13-17)14-16-10-6-4-7-11-16/h4-13,15H,3,14H2,1-2H3/t15-/m1/s1. The monoisotopic (exact) mass is 267 g/mol. The highest BCUT2D eigenvalue weighted by atomic mass is 16.2. The van der Waals surface area contributed by atoms with Crippen molar-refractivity contribution in [1.82, 2.24) is 0 Å². The number of hydrogen-bond donors (Lipinski definition) is 0. The van der Waals surface area contributed by atoms with Crippen molar-refractivity contribution >= 4 is 11.6 Å². The summed E-state index contributed by atoms with van der Waals surface area (Å²) >= 11 is 0. The Hall–Kier alpha value is -2.09. The topological polar surface area (TPSA) is 20.3 Å². The van der Waals surface area contributed by atoms with Crippen LogP contribution in [0.15, 0.2) is 60.7 Å². The summed E-state index contributed by atoms with van der Waals surface area (Å²) in [5.41, 5.74) is 2.11. The maximum Gasteiger partial charge on any atom is 0.230 e. The minimum atomic E-state index is 0.0407. The van der Waals surface area contributed by atoms with Crippen LogP contribution in [0.4, 0.5) is 5.69 Å². The van der Waals surface area contributed by atoms with Crippen molar-refractivity contribution in [2.24, 2.45) is 5.92 Å². The van der Waals surface area contributed by atoms with Gasteiger partial charge in [-0.2, -0.15) is 0 Å². The lowest BCUT2D eigenvalue weighted by Crippen LogP contribution is -2.34. The number of benzene rings is 2. The molecule has 1 atom stereocenters. The van der Waals surface area contributed by atoms with Crippen molar-refractivity contribution in [3.05, 3.63) is 66.2 Å². The molecule has 2 aromatic carbocycles. The molecule has 0 radical (unpaired) electrons. The third kappa shape index (κ3) is 3.47. The second-order valence-electron chi connectivity index (χ2n) is 5.05. The van der Waals surface area contributed by atoms with Crippen LogP contribution in [0.25, 0.3) is 0 Å². The Morgan fingerprint density at radius 1 is 1.00 bits per heavy atom. The van der Waals surface area contributed by atoms with Crippen LogP contribution in [-0.4, -0.2) is 5.91 Å². The number of anilines is 1. The Morgan fingerprint density at radius 3 is 2.10 bits per heavy atom. The van der Waals surface area contributed by atoms with E-state index in [1.54, 1.807) is 0 Å². The van der Waals surface area contributed by atoms with Gasteiger partial charge in [-0.3, -0.25) is 4.79 Å². The number of para-hydroxylation sites is 1. The van der Waals surface area contributed by atoms with Crippen molar-refractivity contribution in [2.45, 2.75) is 26.8 Å². The largest absolute Gasteiger partial charge is 0.308 e. The lowest BCUT2D eigenvalue weighted by Gasteiger charge is -2.25. The van der Waals surface area contributed by atoms with Gasteiger partial charge in [-0.25, -0.2) is 0 Å². The molecule has 0 heterocycles. The molecule has 2 aromatic rings. The van der Waals surface area contributed by atoms with Crippen LogP contribution in [0, 0.1) is 5.92 Å². The molecular formula is C18H21NO. The van der Waals surface area contributed by atoms with Crippen LogP contribution in [0.2, 0.25) is 0 Å². The van der Waals surface area contributed by atoms with Crippen molar-refractivity contribution in [2.75, 3.05) is 4.90 Å². The predicted octanol–water partition coefficient (Wildman–Crippen LogP) is 4.27. The Balaban J connectivity index is 2.27. The van der Waals surface area contributed by atoms with Crippen molar-refractivity contribution in [1.29, 1.82) is 0 Å². The number of nitrogens with zero attached hydrogens (tertiary/aromatic N) is 1. The van der Waals surface area contributed by atoms with Gasteiger partial charge < -0.3 is 4.90 Å². The molecule has 0 aliphatic heterocycles. The minimum absolute atomic E-state index is 0.0407. The zero-order valence-corrected chi connectivity index (χ0v) is 12.1. The lowest BCUT2D eigenvalue weighted by atomic mass is 10.1. The van der Waals surface area contributed by atoms with E-state index in [9.17, 15) is 4.79 Å². The molecule has 0 spiro atoms. The first-order chi connectivity index (χ1) is 9.72.